The van der Waals surface area contributed by atoms with Gasteiger partial charge in [-0.3, -0.25) is 4.79 Å². The van der Waals surface area contributed by atoms with Crippen molar-refractivity contribution < 1.29 is 4.79 Å². The summed E-state index contributed by atoms with van der Waals surface area (Å²) in [7, 11) is 0. The Balaban J connectivity index is 1.32. The van der Waals surface area contributed by atoms with Gasteiger partial charge in [-0.2, -0.15) is 0 Å². The number of fused-ring (bicyclic) bond motifs is 1. The largest absolute Gasteiger partial charge is 0.382 e. The third-order valence-electron chi connectivity index (χ3n) is 6.10. The molecule has 4 N–H and O–H groups in total. The Morgan fingerprint density at radius 1 is 1.14 bits per heavy atom. The number of aromatic nitrogens is 4. The lowest BCUT2D eigenvalue weighted by Crippen LogP contribution is -2.41. The number of benzene rings is 1. The molecule has 4 aromatic rings. The van der Waals surface area contributed by atoms with Gasteiger partial charge < -0.3 is 25.8 Å². The molecule has 0 atom stereocenters. The first-order valence-corrected chi connectivity index (χ1v) is 12.8. The molecule has 182 valence electrons. The second-order valence-electron chi connectivity index (χ2n) is 9.14. The van der Waals surface area contributed by atoms with Crippen LogP contribution in [0.5, 0.6) is 0 Å². The molecule has 3 aromatic heterocycles. The Kier molecular flexibility index (Phi) is 6.54. The second kappa shape index (κ2) is 9.91. The van der Waals surface area contributed by atoms with Gasteiger partial charge in [0.25, 0.3) is 0 Å². The number of thiazole rings is 1. The van der Waals surface area contributed by atoms with Crippen LogP contribution in [0.2, 0.25) is 0 Å². The average Bonchev–Trinajstić information content (AvgIpc) is 3.48. The average molecular weight is 491 g/mol. The van der Waals surface area contributed by atoms with Gasteiger partial charge >= 0.3 is 0 Å². The molecule has 0 radical (unpaired) electrons. The van der Waals surface area contributed by atoms with Crippen LogP contribution in [-0.4, -0.2) is 55.9 Å². The number of carbonyl (C=O) groups is 1. The monoisotopic (exact) mass is 490 g/mol. The Labute approximate surface area is 208 Å². The van der Waals surface area contributed by atoms with Crippen molar-refractivity contribution in [3.63, 3.8) is 0 Å². The molecule has 1 aliphatic rings. The van der Waals surface area contributed by atoms with E-state index in [4.69, 9.17) is 0 Å². The summed E-state index contributed by atoms with van der Waals surface area (Å²) in [5.74, 6) is 1.64. The molecule has 1 aliphatic heterocycles. The highest BCUT2D eigenvalue weighted by Crippen LogP contribution is 2.31. The van der Waals surface area contributed by atoms with Crippen molar-refractivity contribution in [2.24, 2.45) is 0 Å². The Morgan fingerprint density at radius 2 is 1.97 bits per heavy atom. The number of anilines is 4. The predicted molar refractivity (Wildman–Crippen MR) is 142 cm³/mol. The van der Waals surface area contributed by atoms with E-state index in [0.29, 0.717) is 6.04 Å². The van der Waals surface area contributed by atoms with Gasteiger partial charge in [-0.25, -0.2) is 15.0 Å². The highest BCUT2D eigenvalue weighted by Gasteiger charge is 2.21. The summed E-state index contributed by atoms with van der Waals surface area (Å²) in [5.41, 5.74) is 6.65. The van der Waals surface area contributed by atoms with E-state index >= 15 is 0 Å². The minimum absolute atomic E-state index is 0.142. The lowest BCUT2D eigenvalue weighted by atomic mass is 10.1. The maximum atomic E-state index is 11.6. The number of hydrogen-bond donors (Lipinski definition) is 4. The van der Waals surface area contributed by atoms with Crippen molar-refractivity contribution >= 4 is 50.6 Å². The predicted octanol–water partition coefficient (Wildman–Crippen LogP) is 5.07. The lowest BCUT2D eigenvalue weighted by molar-refractivity contribution is -0.129. The number of pyridine rings is 1. The number of nitrogens with one attached hydrogen (secondary N) is 4. The normalized spacial score (nSPS) is 14.5. The molecular weight excluding hydrogens is 460 g/mol. The summed E-state index contributed by atoms with van der Waals surface area (Å²) in [6.07, 6.45) is 5.51. The number of imidazole rings is 1. The Morgan fingerprint density at radius 3 is 2.74 bits per heavy atom. The van der Waals surface area contributed by atoms with Crippen LogP contribution in [0.4, 0.5) is 23.1 Å². The number of rotatable bonds is 7. The second-order valence-corrected chi connectivity index (χ2v) is 10.0. The van der Waals surface area contributed by atoms with Crippen LogP contribution in [-0.2, 0) is 4.79 Å². The van der Waals surface area contributed by atoms with Gasteiger partial charge in [-0.1, -0.05) is 0 Å². The molecular formula is C25H30N8OS. The lowest BCUT2D eigenvalue weighted by Gasteiger charge is -2.31. The SMILES string of the molecule is CC(=O)N1CCC(Nc2ncc(-c3cnc(Nc4ccc5ncsc5c4)cc3NC(C)C)[nH]2)CC1. The molecule has 0 saturated carbocycles. The first-order valence-electron chi connectivity index (χ1n) is 11.9. The summed E-state index contributed by atoms with van der Waals surface area (Å²) in [6, 6.07) is 8.69. The summed E-state index contributed by atoms with van der Waals surface area (Å²) in [4.78, 5) is 30.4. The van der Waals surface area contributed by atoms with Gasteiger partial charge in [0.15, 0.2) is 0 Å². The van der Waals surface area contributed by atoms with Gasteiger partial charge in [0.05, 0.1) is 27.6 Å². The summed E-state index contributed by atoms with van der Waals surface area (Å²) in [5, 5.41) is 10.4. The molecule has 0 unspecified atom stereocenters. The fraction of sp³-hybridized carbons (Fsp3) is 0.360. The van der Waals surface area contributed by atoms with Crippen molar-refractivity contribution in [2.45, 2.75) is 45.7 Å². The van der Waals surface area contributed by atoms with E-state index in [1.807, 2.05) is 41.0 Å². The number of aromatic amines is 1. The van der Waals surface area contributed by atoms with Gasteiger partial charge in [0, 0.05) is 61.3 Å². The molecule has 1 aromatic carbocycles. The molecule has 4 heterocycles. The zero-order valence-corrected chi connectivity index (χ0v) is 20.9. The molecule has 0 aliphatic carbocycles. The van der Waals surface area contributed by atoms with Crippen molar-refractivity contribution in [2.75, 3.05) is 29.0 Å². The maximum absolute atomic E-state index is 11.6. The highest BCUT2D eigenvalue weighted by atomic mass is 32.1. The van der Waals surface area contributed by atoms with E-state index in [1.54, 1.807) is 18.3 Å². The Bertz CT molecular complexity index is 1320. The van der Waals surface area contributed by atoms with Crippen molar-refractivity contribution in [1.29, 1.82) is 0 Å². The fourth-order valence-corrected chi connectivity index (χ4v) is 5.03. The van der Waals surface area contributed by atoms with Gasteiger partial charge in [0.1, 0.15) is 5.82 Å². The van der Waals surface area contributed by atoms with E-state index in [0.717, 1.165) is 70.5 Å². The number of nitrogens with zero attached hydrogens (tertiary/aromatic N) is 4. The van der Waals surface area contributed by atoms with Crippen LogP contribution < -0.4 is 16.0 Å². The molecule has 5 rings (SSSR count). The van der Waals surface area contributed by atoms with E-state index in [-0.39, 0.29) is 11.9 Å². The van der Waals surface area contributed by atoms with Gasteiger partial charge in [-0.05, 0) is 44.9 Å². The van der Waals surface area contributed by atoms with E-state index in [9.17, 15) is 4.79 Å². The van der Waals surface area contributed by atoms with Crippen LogP contribution in [0.15, 0.2) is 42.2 Å². The molecule has 1 amide bonds. The highest BCUT2D eigenvalue weighted by molar-refractivity contribution is 7.16. The summed E-state index contributed by atoms with van der Waals surface area (Å²) >= 11 is 1.62. The molecule has 1 fully saturated rings. The van der Waals surface area contributed by atoms with Crippen LogP contribution in [0.25, 0.3) is 21.5 Å². The van der Waals surface area contributed by atoms with Gasteiger partial charge in [-0.15, -0.1) is 11.3 Å². The van der Waals surface area contributed by atoms with Crippen molar-refractivity contribution in [3.05, 3.63) is 42.2 Å². The number of hydrogen-bond acceptors (Lipinski definition) is 8. The minimum atomic E-state index is 0.142. The zero-order chi connectivity index (χ0) is 24.4. The minimum Gasteiger partial charge on any atom is -0.382 e. The molecule has 35 heavy (non-hydrogen) atoms. The fourth-order valence-electron chi connectivity index (χ4n) is 4.31. The standard InChI is InChI=1S/C25H30N8OS/c1-15(2)29-21-11-24(30-18-4-5-20-23(10-18)35-14-28-20)26-12-19(21)22-13-27-25(32-22)31-17-6-8-33(9-7-17)16(3)34/h4-5,10-15,17H,6-9H2,1-3H3,(H2,26,29,30)(H2,27,31,32). The van der Waals surface area contributed by atoms with Crippen LogP contribution >= 0.6 is 11.3 Å². The van der Waals surface area contributed by atoms with Crippen LogP contribution in [0.1, 0.15) is 33.6 Å². The van der Waals surface area contributed by atoms with E-state index in [2.05, 4.69) is 55.8 Å². The molecule has 10 heteroatoms. The molecule has 9 nitrogen and oxygen atoms in total. The smallest absolute Gasteiger partial charge is 0.219 e. The number of amides is 1. The zero-order valence-electron chi connectivity index (χ0n) is 20.1. The molecule has 1 saturated heterocycles. The first kappa shape index (κ1) is 23.1. The van der Waals surface area contributed by atoms with Gasteiger partial charge in [0.2, 0.25) is 11.9 Å². The topological polar surface area (TPSA) is 111 Å². The van der Waals surface area contributed by atoms with E-state index < -0.39 is 0 Å². The summed E-state index contributed by atoms with van der Waals surface area (Å²) in [6.45, 7) is 7.41. The quantitative estimate of drug-likeness (QED) is 0.286. The Hall–Kier alpha value is -3.66. The summed E-state index contributed by atoms with van der Waals surface area (Å²) < 4.78 is 1.14. The molecule has 0 bridgehead atoms. The number of likely N-dealkylation sites (tertiary alicyclic amines) is 1. The van der Waals surface area contributed by atoms with Crippen molar-refractivity contribution in [3.8, 4) is 11.3 Å². The number of piperidine rings is 1. The van der Waals surface area contributed by atoms with E-state index in [1.165, 1.54) is 0 Å². The van der Waals surface area contributed by atoms with Crippen molar-refractivity contribution in [1.82, 2.24) is 24.8 Å². The molecule has 0 spiro atoms. The number of H-pyrrole nitrogens is 1. The third-order valence-corrected chi connectivity index (χ3v) is 6.89. The van der Waals surface area contributed by atoms with Crippen LogP contribution in [0.3, 0.4) is 0 Å². The number of carbonyl (C=O) groups excluding carboxylic acids is 1. The first-order chi connectivity index (χ1) is 16.9. The van der Waals surface area contributed by atoms with Crippen LogP contribution in [0, 0.1) is 0 Å². The maximum Gasteiger partial charge on any atom is 0.219 e. The third kappa shape index (κ3) is 5.37.